The number of rotatable bonds is 9. The van der Waals surface area contributed by atoms with Gasteiger partial charge >= 0.3 is 0 Å². The Hall–Kier alpha value is -0.940. The van der Waals surface area contributed by atoms with Gasteiger partial charge in [0, 0.05) is 5.41 Å². The molecule has 3 aliphatic heterocycles. The molecule has 65 heavy (non-hydrogen) atoms. The number of allylic oxidation sites excluding steroid dienone is 2. The summed E-state index contributed by atoms with van der Waals surface area (Å²) in [6, 6.07) is 0. The Kier molecular flexibility index (Phi) is 13.8. The molecule has 8 rings (SSSR count). The van der Waals surface area contributed by atoms with E-state index in [4.69, 9.17) is 28.4 Å². The van der Waals surface area contributed by atoms with Gasteiger partial charge < -0.3 is 84.6 Å². The molecule has 8 aliphatic rings. The number of aliphatic hydroxyl groups excluding tert-OH is 11. The molecule has 0 radical (unpaired) electrons. The van der Waals surface area contributed by atoms with Crippen molar-refractivity contribution in [1.29, 1.82) is 0 Å². The summed E-state index contributed by atoms with van der Waals surface area (Å²) in [5.41, 5.74) is -0.0147. The Morgan fingerprint density at radius 1 is 0.600 bits per heavy atom. The van der Waals surface area contributed by atoms with Crippen LogP contribution in [-0.4, -0.2) is 180 Å². The van der Waals surface area contributed by atoms with Crippen LogP contribution in [-0.2, 0) is 28.4 Å². The molecule has 4 saturated carbocycles. The molecule has 17 nitrogen and oxygen atoms in total. The van der Waals surface area contributed by atoms with E-state index in [1.807, 2.05) is 0 Å². The van der Waals surface area contributed by atoms with Crippen molar-refractivity contribution >= 4 is 0 Å². The van der Waals surface area contributed by atoms with Crippen LogP contribution >= 0.6 is 0 Å². The molecule has 0 aromatic rings. The van der Waals surface area contributed by atoms with Crippen molar-refractivity contribution < 1.29 is 84.6 Å². The Morgan fingerprint density at radius 3 is 1.77 bits per heavy atom. The highest BCUT2D eigenvalue weighted by atomic mass is 16.8. The van der Waals surface area contributed by atoms with Crippen molar-refractivity contribution in [3.8, 4) is 0 Å². The van der Waals surface area contributed by atoms with Crippen LogP contribution in [0.1, 0.15) is 113 Å². The molecular weight excluding hydrogens is 849 g/mol. The molecule has 3 saturated heterocycles. The second-order valence-electron chi connectivity index (χ2n) is 23.6. The molecular formula is C48H80O17. The SMILES string of the molecule is CC1OC(OC2C(OC3C(OC4CCC5(C)C(CCC6(C)C5CC=C5C7CC(C)(C)CCC7(CO)C(O)CC56C)C4(C)C)OC(CO)C(O)C3O)OC(CO)C(O)C2O)C(O)C(O)C1O. The van der Waals surface area contributed by atoms with E-state index in [-0.39, 0.29) is 46.0 Å². The standard InChI is InChI=1S/C48H80O17/c1-22-31(53)34(56)37(59)40(60-22)64-39-36(58)33(55)26(20-50)62-42(39)65-38-35(57)32(54)25(19-49)61-41(38)63-30-12-13-45(6)27(44(30,4)5)11-14-46(7)28(45)10-9-23-24-17-43(2,3)15-16-48(24,21-51)29(52)18-47(23,46)8/h9,22,24-42,49-59H,10-21H2,1-8H3. The summed E-state index contributed by atoms with van der Waals surface area (Å²) in [5, 5.41) is 120. The fraction of sp³-hybridized carbons (Fsp3) is 0.958. The molecule has 3 heterocycles. The largest absolute Gasteiger partial charge is 0.396 e. The fourth-order valence-corrected chi connectivity index (χ4v) is 15.2. The quantitative estimate of drug-likeness (QED) is 0.112. The number of hydrogen-bond donors (Lipinski definition) is 11. The van der Waals surface area contributed by atoms with Crippen molar-refractivity contribution in [1.82, 2.24) is 0 Å². The molecule has 11 N–H and O–H groups in total. The third kappa shape index (κ3) is 7.85. The van der Waals surface area contributed by atoms with Gasteiger partial charge in [-0.3, -0.25) is 0 Å². The van der Waals surface area contributed by atoms with E-state index < -0.39 is 128 Å². The zero-order chi connectivity index (χ0) is 47.6. The van der Waals surface area contributed by atoms with Crippen molar-refractivity contribution in [2.75, 3.05) is 19.8 Å². The van der Waals surface area contributed by atoms with E-state index in [2.05, 4.69) is 54.5 Å². The molecule has 24 unspecified atom stereocenters. The molecule has 0 aromatic heterocycles. The average molecular weight is 929 g/mol. The lowest BCUT2D eigenvalue weighted by Gasteiger charge is -2.72. The Morgan fingerprint density at radius 2 is 1.18 bits per heavy atom. The number of ether oxygens (including phenoxy) is 6. The maximum absolute atomic E-state index is 12.1. The molecule has 7 fully saturated rings. The van der Waals surface area contributed by atoms with Gasteiger partial charge in [-0.25, -0.2) is 0 Å². The second kappa shape index (κ2) is 17.7. The lowest BCUT2D eigenvalue weighted by atomic mass is 9.33. The second-order valence-corrected chi connectivity index (χ2v) is 23.6. The van der Waals surface area contributed by atoms with Gasteiger partial charge in [0.05, 0.1) is 38.1 Å². The van der Waals surface area contributed by atoms with Crippen LogP contribution in [0.4, 0.5) is 0 Å². The summed E-state index contributed by atoms with van der Waals surface area (Å²) in [7, 11) is 0. The van der Waals surface area contributed by atoms with Gasteiger partial charge in [-0.1, -0.05) is 60.1 Å². The summed E-state index contributed by atoms with van der Waals surface area (Å²) in [4.78, 5) is 0. The highest BCUT2D eigenvalue weighted by Crippen LogP contribution is 2.76. The summed E-state index contributed by atoms with van der Waals surface area (Å²) in [6.07, 6.45) is -14.8. The lowest BCUT2D eigenvalue weighted by molar-refractivity contribution is -0.397. The lowest BCUT2D eigenvalue weighted by Crippen LogP contribution is -2.68. The summed E-state index contributed by atoms with van der Waals surface area (Å²) in [6.45, 7) is 16.2. The Bertz CT molecular complexity index is 1730. The molecule has 17 heteroatoms. The topological polar surface area (TPSA) is 278 Å². The van der Waals surface area contributed by atoms with Crippen LogP contribution in [0.5, 0.6) is 0 Å². The predicted octanol–water partition coefficient (Wildman–Crippen LogP) is 0.612. The molecule has 0 aromatic carbocycles. The minimum atomic E-state index is -1.83. The summed E-state index contributed by atoms with van der Waals surface area (Å²) >= 11 is 0. The van der Waals surface area contributed by atoms with Crippen LogP contribution < -0.4 is 0 Å². The monoisotopic (exact) mass is 929 g/mol. The van der Waals surface area contributed by atoms with Crippen molar-refractivity contribution in [3.05, 3.63) is 11.6 Å². The van der Waals surface area contributed by atoms with Gasteiger partial charge in [0.2, 0.25) is 0 Å². The molecule has 0 amide bonds. The van der Waals surface area contributed by atoms with Gasteiger partial charge in [0.1, 0.15) is 67.1 Å². The van der Waals surface area contributed by atoms with Gasteiger partial charge in [-0.05, 0) is 110 Å². The third-order valence-electron chi connectivity index (χ3n) is 19.4. The van der Waals surface area contributed by atoms with Crippen LogP contribution in [0.3, 0.4) is 0 Å². The molecule has 24 atom stereocenters. The first-order chi connectivity index (χ1) is 30.4. The number of aliphatic hydroxyl groups is 11. The van der Waals surface area contributed by atoms with E-state index in [1.165, 1.54) is 12.5 Å². The highest BCUT2D eigenvalue weighted by Gasteiger charge is 2.70. The first kappa shape index (κ1) is 50.4. The first-order valence-electron chi connectivity index (χ1n) is 24.3. The van der Waals surface area contributed by atoms with E-state index in [0.29, 0.717) is 12.8 Å². The fourth-order valence-electron chi connectivity index (χ4n) is 15.2. The van der Waals surface area contributed by atoms with E-state index in [0.717, 1.165) is 44.9 Å². The Labute approximate surface area is 383 Å². The van der Waals surface area contributed by atoms with Crippen molar-refractivity contribution in [2.45, 2.75) is 218 Å². The molecule has 5 aliphatic carbocycles. The minimum absolute atomic E-state index is 0.0184. The third-order valence-corrected chi connectivity index (χ3v) is 19.4. The van der Waals surface area contributed by atoms with Gasteiger partial charge in [-0.15, -0.1) is 0 Å². The van der Waals surface area contributed by atoms with Crippen molar-refractivity contribution in [2.24, 2.45) is 50.2 Å². The van der Waals surface area contributed by atoms with Crippen LogP contribution in [0, 0.1) is 50.2 Å². The zero-order valence-corrected chi connectivity index (χ0v) is 39.5. The van der Waals surface area contributed by atoms with E-state index in [1.54, 1.807) is 0 Å². The van der Waals surface area contributed by atoms with Gasteiger partial charge in [0.25, 0.3) is 0 Å². The first-order valence-corrected chi connectivity index (χ1v) is 24.3. The minimum Gasteiger partial charge on any atom is -0.396 e. The Balaban J connectivity index is 1.05. The van der Waals surface area contributed by atoms with Crippen LogP contribution in [0.25, 0.3) is 0 Å². The summed E-state index contributed by atoms with van der Waals surface area (Å²) < 4.78 is 36.8. The van der Waals surface area contributed by atoms with Gasteiger partial charge in [0.15, 0.2) is 18.9 Å². The van der Waals surface area contributed by atoms with Crippen LogP contribution in [0.2, 0.25) is 0 Å². The summed E-state index contributed by atoms with van der Waals surface area (Å²) in [5.74, 6) is 0.556. The van der Waals surface area contributed by atoms with Gasteiger partial charge in [-0.2, -0.15) is 0 Å². The number of fused-ring (bicyclic) bond motifs is 7. The maximum Gasteiger partial charge on any atom is 0.187 e. The predicted molar refractivity (Wildman–Crippen MR) is 230 cm³/mol. The molecule has 374 valence electrons. The smallest absolute Gasteiger partial charge is 0.187 e. The van der Waals surface area contributed by atoms with Crippen LogP contribution in [0.15, 0.2) is 11.6 Å². The highest BCUT2D eigenvalue weighted by molar-refractivity contribution is 5.35. The number of hydrogen-bond acceptors (Lipinski definition) is 17. The molecule has 0 bridgehead atoms. The van der Waals surface area contributed by atoms with Crippen molar-refractivity contribution in [3.63, 3.8) is 0 Å². The zero-order valence-electron chi connectivity index (χ0n) is 39.5. The maximum atomic E-state index is 12.1. The van der Waals surface area contributed by atoms with E-state index >= 15 is 0 Å². The molecule has 0 spiro atoms. The normalized spacial score (nSPS) is 55.2. The average Bonchev–Trinajstić information content (AvgIpc) is 3.24. The van der Waals surface area contributed by atoms with E-state index in [9.17, 15) is 56.2 Å².